The Morgan fingerprint density at radius 2 is 1.74 bits per heavy atom. The van der Waals surface area contributed by atoms with Gasteiger partial charge in [-0.1, -0.05) is 34.1 Å². The van der Waals surface area contributed by atoms with E-state index < -0.39 is 0 Å². The first-order valence-electron chi connectivity index (χ1n) is 5.77. The molecule has 0 fully saturated rings. The van der Waals surface area contributed by atoms with Crippen molar-refractivity contribution in [3.63, 3.8) is 0 Å². The molecule has 0 aliphatic heterocycles. The Hall–Kier alpha value is -1.19. The summed E-state index contributed by atoms with van der Waals surface area (Å²) >= 11 is 10.1. The van der Waals surface area contributed by atoms with E-state index in [1.165, 1.54) is 0 Å². The van der Waals surface area contributed by atoms with Crippen molar-refractivity contribution in [1.29, 1.82) is 0 Å². The Bertz CT molecular complexity index is 572. The maximum atomic E-state index is 6.57. The van der Waals surface area contributed by atoms with Gasteiger partial charge in [0, 0.05) is 16.1 Å². The van der Waals surface area contributed by atoms with Gasteiger partial charge < -0.3 is 9.47 Å². The lowest BCUT2D eigenvalue weighted by atomic mass is 10.0. The molecule has 2 nitrogen and oxygen atoms in total. The highest BCUT2D eigenvalue weighted by Gasteiger charge is 2.18. The molecule has 0 aliphatic rings. The van der Waals surface area contributed by atoms with E-state index in [1.807, 2.05) is 42.5 Å². The van der Waals surface area contributed by atoms with Crippen LogP contribution in [0.1, 0.15) is 16.5 Å². The standard InChI is InChI=1S/C15H14BrClO2/c1-18-10-7-8-12(14(9-10)19-2)15(17)11-5-3-4-6-13(11)16/h3-9,15H,1-2H3. The lowest BCUT2D eigenvalue weighted by molar-refractivity contribution is 0.391. The van der Waals surface area contributed by atoms with Crippen LogP contribution in [0.4, 0.5) is 0 Å². The summed E-state index contributed by atoms with van der Waals surface area (Å²) < 4.78 is 11.6. The average molecular weight is 342 g/mol. The molecule has 1 atom stereocenters. The fourth-order valence-electron chi connectivity index (χ4n) is 1.88. The van der Waals surface area contributed by atoms with Crippen molar-refractivity contribution < 1.29 is 9.47 Å². The SMILES string of the molecule is COc1ccc(C(Cl)c2ccccc2Br)c(OC)c1. The fraction of sp³-hybridized carbons (Fsp3) is 0.200. The van der Waals surface area contributed by atoms with Gasteiger partial charge in [-0.25, -0.2) is 0 Å². The van der Waals surface area contributed by atoms with Crippen LogP contribution in [-0.4, -0.2) is 14.2 Å². The van der Waals surface area contributed by atoms with Gasteiger partial charge in [-0.3, -0.25) is 0 Å². The van der Waals surface area contributed by atoms with Gasteiger partial charge in [-0.2, -0.15) is 0 Å². The average Bonchev–Trinajstić information content (AvgIpc) is 2.46. The van der Waals surface area contributed by atoms with Crippen LogP contribution < -0.4 is 9.47 Å². The fourth-order valence-corrected chi connectivity index (χ4v) is 2.89. The zero-order valence-corrected chi connectivity index (χ0v) is 13.0. The third-order valence-corrected chi connectivity index (χ3v) is 4.08. The number of benzene rings is 2. The largest absolute Gasteiger partial charge is 0.497 e. The summed E-state index contributed by atoms with van der Waals surface area (Å²) in [5, 5.41) is -0.281. The molecule has 0 saturated carbocycles. The number of hydrogen-bond acceptors (Lipinski definition) is 2. The van der Waals surface area contributed by atoms with Crippen LogP contribution in [0, 0.1) is 0 Å². The number of halogens is 2. The van der Waals surface area contributed by atoms with Crippen molar-refractivity contribution in [3.05, 3.63) is 58.1 Å². The van der Waals surface area contributed by atoms with Gasteiger partial charge in [-0.05, 0) is 23.8 Å². The van der Waals surface area contributed by atoms with E-state index in [9.17, 15) is 0 Å². The van der Waals surface area contributed by atoms with Crippen LogP contribution >= 0.6 is 27.5 Å². The molecule has 0 bridgehead atoms. The van der Waals surface area contributed by atoms with Gasteiger partial charge in [0.1, 0.15) is 11.5 Å². The number of alkyl halides is 1. The number of rotatable bonds is 4. The van der Waals surface area contributed by atoms with E-state index in [0.29, 0.717) is 0 Å². The quantitative estimate of drug-likeness (QED) is 0.744. The smallest absolute Gasteiger partial charge is 0.127 e. The summed E-state index contributed by atoms with van der Waals surface area (Å²) in [6.45, 7) is 0. The molecule has 4 heteroatoms. The van der Waals surface area contributed by atoms with E-state index in [-0.39, 0.29) is 5.38 Å². The van der Waals surface area contributed by atoms with Crippen LogP contribution in [0.2, 0.25) is 0 Å². The molecule has 0 saturated heterocycles. The highest BCUT2D eigenvalue weighted by Crippen LogP contribution is 2.39. The van der Waals surface area contributed by atoms with Crippen molar-refractivity contribution in [2.24, 2.45) is 0 Å². The van der Waals surface area contributed by atoms with Gasteiger partial charge in [0.05, 0.1) is 19.6 Å². The van der Waals surface area contributed by atoms with Gasteiger partial charge in [0.2, 0.25) is 0 Å². The minimum Gasteiger partial charge on any atom is -0.497 e. The molecule has 0 aromatic heterocycles. The Kier molecular flexibility index (Phi) is 4.72. The number of ether oxygens (including phenoxy) is 2. The van der Waals surface area contributed by atoms with Gasteiger partial charge in [0.15, 0.2) is 0 Å². The minimum atomic E-state index is -0.281. The first kappa shape index (κ1) is 14.2. The lowest BCUT2D eigenvalue weighted by Crippen LogP contribution is -1.99. The van der Waals surface area contributed by atoms with Crippen molar-refractivity contribution in [3.8, 4) is 11.5 Å². The van der Waals surface area contributed by atoms with E-state index in [1.54, 1.807) is 14.2 Å². The second-order valence-electron chi connectivity index (χ2n) is 3.99. The highest BCUT2D eigenvalue weighted by atomic mass is 79.9. The van der Waals surface area contributed by atoms with Crippen LogP contribution in [-0.2, 0) is 0 Å². The summed E-state index contributed by atoms with van der Waals surface area (Å²) in [5.74, 6) is 1.46. The molecule has 2 aromatic carbocycles. The molecular formula is C15H14BrClO2. The Labute approximate surface area is 126 Å². The molecule has 2 rings (SSSR count). The Balaban J connectivity index is 2.44. The van der Waals surface area contributed by atoms with Crippen LogP contribution in [0.15, 0.2) is 46.9 Å². The minimum absolute atomic E-state index is 0.281. The van der Waals surface area contributed by atoms with Crippen LogP contribution in [0.5, 0.6) is 11.5 Å². The number of methoxy groups -OCH3 is 2. The number of hydrogen-bond donors (Lipinski definition) is 0. The molecule has 0 amide bonds. The van der Waals surface area contributed by atoms with Crippen molar-refractivity contribution in [1.82, 2.24) is 0 Å². The summed E-state index contributed by atoms with van der Waals surface area (Å²) in [7, 11) is 3.25. The van der Waals surface area contributed by atoms with Gasteiger partial charge in [-0.15, -0.1) is 11.6 Å². The monoisotopic (exact) mass is 340 g/mol. The predicted octanol–water partition coefficient (Wildman–Crippen LogP) is 4.79. The first-order valence-corrected chi connectivity index (χ1v) is 7.00. The molecular weight excluding hydrogens is 328 g/mol. The second kappa shape index (κ2) is 6.31. The summed E-state index contributed by atoms with van der Waals surface area (Å²) in [4.78, 5) is 0. The van der Waals surface area contributed by atoms with E-state index >= 15 is 0 Å². The second-order valence-corrected chi connectivity index (χ2v) is 5.28. The molecule has 19 heavy (non-hydrogen) atoms. The van der Waals surface area contributed by atoms with E-state index in [2.05, 4.69) is 15.9 Å². The molecule has 0 N–H and O–H groups in total. The first-order chi connectivity index (χ1) is 9.17. The van der Waals surface area contributed by atoms with Gasteiger partial charge >= 0.3 is 0 Å². The Morgan fingerprint density at radius 3 is 2.37 bits per heavy atom. The van der Waals surface area contributed by atoms with E-state index in [0.717, 1.165) is 27.1 Å². The van der Waals surface area contributed by atoms with Crippen molar-refractivity contribution >= 4 is 27.5 Å². The summed E-state index contributed by atoms with van der Waals surface area (Å²) in [6.07, 6.45) is 0. The molecule has 0 heterocycles. The third kappa shape index (κ3) is 3.04. The van der Waals surface area contributed by atoms with Crippen molar-refractivity contribution in [2.45, 2.75) is 5.38 Å². The van der Waals surface area contributed by atoms with Crippen LogP contribution in [0.3, 0.4) is 0 Å². The van der Waals surface area contributed by atoms with Crippen LogP contribution in [0.25, 0.3) is 0 Å². The van der Waals surface area contributed by atoms with Gasteiger partial charge in [0.25, 0.3) is 0 Å². The maximum Gasteiger partial charge on any atom is 0.127 e. The normalized spacial score (nSPS) is 12.0. The zero-order valence-electron chi connectivity index (χ0n) is 10.7. The predicted molar refractivity (Wildman–Crippen MR) is 81.4 cm³/mol. The molecule has 1 unspecified atom stereocenters. The summed E-state index contributed by atoms with van der Waals surface area (Å²) in [5.41, 5.74) is 1.92. The topological polar surface area (TPSA) is 18.5 Å². The lowest BCUT2D eigenvalue weighted by Gasteiger charge is -2.16. The molecule has 0 radical (unpaired) electrons. The maximum absolute atomic E-state index is 6.57. The Morgan fingerprint density at radius 1 is 1.00 bits per heavy atom. The zero-order chi connectivity index (χ0) is 13.8. The molecule has 0 spiro atoms. The summed E-state index contributed by atoms with van der Waals surface area (Å²) in [6, 6.07) is 13.5. The van der Waals surface area contributed by atoms with E-state index in [4.69, 9.17) is 21.1 Å². The molecule has 0 aliphatic carbocycles. The molecule has 100 valence electrons. The third-order valence-electron chi connectivity index (χ3n) is 2.89. The highest BCUT2D eigenvalue weighted by molar-refractivity contribution is 9.10. The molecule has 2 aromatic rings. The van der Waals surface area contributed by atoms with Crippen molar-refractivity contribution in [2.75, 3.05) is 14.2 Å².